The molecule has 18 heavy (non-hydrogen) atoms. The number of anilines is 1. The molecule has 2 N–H and O–H groups in total. The van der Waals surface area contributed by atoms with Gasteiger partial charge in [0.1, 0.15) is 5.82 Å². The summed E-state index contributed by atoms with van der Waals surface area (Å²) in [6.07, 6.45) is 5.95. The van der Waals surface area contributed by atoms with E-state index in [9.17, 15) is 0 Å². The topological polar surface area (TPSA) is 74.7 Å². The second-order valence-electron chi connectivity index (χ2n) is 4.69. The molecule has 0 bridgehead atoms. The molecule has 0 aliphatic rings. The second kappa shape index (κ2) is 4.81. The van der Waals surface area contributed by atoms with Crippen molar-refractivity contribution in [2.24, 2.45) is 0 Å². The lowest BCUT2D eigenvalue weighted by molar-refractivity contribution is 0.00519. The molecule has 0 amide bonds. The van der Waals surface area contributed by atoms with Gasteiger partial charge in [0.2, 0.25) is 5.65 Å². The number of hydrogen-bond acceptors (Lipinski definition) is 5. The number of imidazole rings is 1. The smallest absolute Gasteiger partial charge is 0.260 e. The monoisotopic (exact) mass is 250 g/mol. The first kappa shape index (κ1) is 12.6. The fourth-order valence-corrected chi connectivity index (χ4v) is 1.51. The van der Waals surface area contributed by atoms with E-state index in [-0.39, 0.29) is 5.60 Å². The average molecular weight is 250 g/mol. The Morgan fingerprint density at radius 1 is 1.44 bits per heavy atom. The van der Waals surface area contributed by atoms with Gasteiger partial charge in [0.25, 0.3) is 5.88 Å². The first-order valence-electron chi connectivity index (χ1n) is 5.79. The summed E-state index contributed by atoms with van der Waals surface area (Å²) < 4.78 is 12.8. The van der Waals surface area contributed by atoms with Crippen LogP contribution in [0.1, 0.15) is 20.3 Å². The molecular formula is C12H18N4O2. The molecule has 0 aliphatic carbocycles. The molecule has 2 aromatic heterocycles. The maximum absolute atomic E-state index is 5.70. The van der Waals surface area contributed by atoms with Crippen LogP contribution >= 0.6 is 0 Å². The van der Waals surface area contributed by atoms with Gasteiger partial charge in [-0.3, -0.25) is 4.40 Å². The fourth-order valence-electron chi connectivity index (χ4n) is 1.51. The molecule has 0 unspecified atom stereocenters. The third-order valence-corrected chi connectivity index (χ3v) is 2.86. The van der Waals surface area contributed by atoms with Crippen LogP contribution in [-0.2, 0) is 4.74 Å². The van der Waals surface area contributed by atoms with Crippen molar-refractivity contribution in [1.29, 1.82) is 0 Å². The molecule has 2 heterocycles. The zero-order valence-corrected chi connectivity index (χ0v) is 10.9. The molecule has 6 heteroatoms. The van der Waals surface area contributed by atoms with Crippen molar-refractivity contribution in [3.8, 4) is 5.88 Å². The lowest BCUT2D eigenvalue weighted by atomic mass is 10.1. The number of rotatable bonds is 5. The predicted octanol–water partition coefficient (Wildman–Crippen LogP) is 1.51. The summed E-state index contributed by atoms with van der Waals surface area (Å²) in [5.41, 5.74) is 6.15. The van der Waals surface area contributed by atoms with Gasteiger partial charge in [-0.05, 0) is 13.8 Å². The van der Waals surface area contributed by atoms with E-state index >= 15 is 0 Å². The fraction of sp³-hybridized carbons (Fsp3) is 0.500. The Balaban J connectivity index is 2.10. The zero-order valence-electron chi connectivity index (χ0n) is 10.9. The normalized spacial score (nSPS) is 11.9. The van der Waals surface area contributed by atoms with E-state index in [0.717, 1.165) is 6.42 Å². The van der Waals surface area contributed by atoms with Gasteiger partial charge in [-0.1, -0.05) is 0 Å². The van der Waals surface area contributed by atoms with Gasteiger partial charge in [0.05, 0.1) is 18.4 Å². The Hall–Kier alpha value is -1.82. The van der Waals surface area contributed by atoms with Crippen LogP contribution in [0.3, 0.4) is 0 Å². The van der Waals surface area contributed by atoms with Crippen molar-refractivity contribution in [1.82, 2.24) is 14.4 Å². The lowest BCUT2D eigenvalue weighted by Gasteiger charge is -2.22. The number of hydrogen-bond donors (Lipinski definition) is 1. The Kier molecular flexibility index (Phi) is 3.38. The van der Waals surface area contributed by atoms with Crippen LogP contribution in [0.4, 0.5) is 5.82 Å². The molecule has 2 rings (SSSR count). The highest BCUT2D eigenvalue weighted by atomic mass is 16.5. The molecule has 0 aliphatic heterocycles. The third kappa shape index (κ3) is 2.70. The van der Waals surface area contributed by atoms with Gasteiger partial charge in [-0.2, -0.15) is 4.98 Å². The van der Waals surface area contributed by atoms with Gasteiger partial charge < -0.3 is 15.2 Å². The number of nitrogen functional groups attached to an aromatic ring is 1. The van der Waals surface area contributed by atoms with Crippen LogP contribution in [0, 0.1) is 0 Å². The largest absolute Gasteiger partial charge is 0.475 e. The van der Waals surface area contributed by atoms with Crippen molar-refractivity contribution in [3.05, 3.63) is 18.6 Å². The highest BCUT2D eigenvalue weighted by Gasteiger charge is 2.17. The van der Waals surface area contributed by atoms with Crippen LogP contribution < -0.4 is 10.5 Å². The lowest BCUT2D eigenvalue weighted by Crippen LogP contribution is -2.25. The maximum Gasteiger partial charge on any atom is 0.260 e. The van der Waals surface area contributed by atoms with Crippen LogP contribution in [0.2, 0.25) is 0 Å². The summed E-state index contributed by atoms with van der Waals surface area (Å²) in [7, 11) is 1.69. The average Bonchev–Trinajstić information content (AvgIpc) is 2.76. The standard InChI is InChI=1S/C12H18N4O2/c1-12(2,17-3)4-7-18-11-10-14-5-6-16(10)8-9(13)15-11/h5-6,8H,4,7,13H2,1-3H3. The van der Waals surface area contributed by atoms with Crippen LogP contribution in [-0.4, -0.2) is 33.7 Å². The molecular weight excluding hydrogens is 232 g/mol. The van der Waals surface area contributed by atoms with Crippen LogP contribution in [0.15, 0.2) is 18.6 Å². The molecule has 0 spiro atoms. The first-order chi connectivity index (χ1) is 8.52. The maximum atomic E-state index is 5.70. The van der Waals surface area contributed by atoms with Gasteiger partial charge in [0, 0.05) is 25.9 Å². The number of nitrogens with two attached hydrogens (primary N) is 1. The number of fused-ring (bicyclic) bond motifs is 1. The minimum Gasteiger partial charge on any atom is -0.475 e. The summed E-state index contributed by atoms with van der Waals surface area (Å²) in [6.45, 7) is 4.52. The molecule has 98 valence electrons. The minimum absolute atomic E-state index is 0.216. The Labute approximate surface area is 106 Å². The molecule has 0 atom stereocenters. The SMILES string of the molecule is COC(C)(C)CCOc1nc(N)cn2ccnc12. The van der Waals surface area contributed by atoms with Crippen molar-refractivity contribution >= 4 is 11.5 Å². The Morgan fingerprint density at radius 3 is 2.94 bits per heavy atom. The number of nitrogens with zero attached hydrogens (tertiary/aromatic N) is 3. The molecule has 0 radical (unpaired) electrons. The summed E-state index contributed by atoms with van der Waals surface area (Å²) >= 11 is 0. The molecule has 2 aromatic rings. The summed E-state index contributed by atoms with van der Waals surface area (Å²) in [5, 5.41) is 0. The molecule has 0 saturated carbocycles. The molecule has 6 nitrogen and oxygen atoms in total. The summed E-state index contributed by atoms with van der Waals surface area (Å²) in [4.78, 5) is 8.33. The third-order valence-electron chi connectivity index (χ3n) is 2.86. The van der Waals surface area contributed by atoms with Gasteiger partial charge in [-0.25, -0.2) is 4.98 Å². The first-order valence-corrected chi connectivity index (χ1v) is 5.79. The highest BCUT2D eigenvalue weighted by Crippen LogP contribution is 2.19. The second-order valence-corrected chi connectivity index (χ2v) is 4.69. The van der Waals surface area contributed by atoms with E-state index in [2.05, 4.69) is 9.97 Å². The van der Waals surface area contributed by atoms with Gasteiger partial charge >= 0.3 is 0 Å². The number of aromatic nitrogens is 3. The quantitative estimate of drug-likeness (QED) is 0.870. The van der Waals surface area contributed by atoms with E-state index < -0.39 is 0 Å². The number of ether oxygens (including phenoxy) is 2. The highest BCUT2D eigenvalue weighted by molar-refractivity contribution is 5.52. The molecule has 0 aromatic carbocycles. The summed E-state index contributed by atoms with van der Waals surface area (Å²) in [6, 6.07) is 0. The van der Waals surface area contributed by atoms with E-state index in [1.54, 1.807) is 30.1 Å². The zero-order chi connectivity index (χ0) is 13.2. The molecule has 0 fully saturated rings. The summed E-state index contributed by atoms with van der Waals surface area (Å²) in [5.74, 6) is 0.855. The van der Waals surface area contributed by atoms with Crippen LogP contribution in [0.25, 0.3) is 5.65 Å². The van der Waals surface area contributed by atoms with E-state index in [4.69, 9.17) is 15.2 Å². The van der Waals surface area contributed by atoms with Gasteiger partial charge in [0.15, 0.2) is 0 Å². The van der Waals surface area contributed by atoms with Crippen molar-refractivity contribution < 1.29 is 9.47 Å². The Bertz CT molecular complexity index is 536. The van der Waals surface area contributed by atoms with Crippen molar-refractivity contribution in [3.63, 3.8) is 0 Å². The van der Waals surface area contributed by atoms with Crippen LogP contribution in [0.5, 0.6) is 5.88 Å². The van der Waals surface area contributed by atoms with Crippen molar-refractivity contribution in [2.75, 3.05) is 19.5 Å². The minimum atomic E-state index is -0.216. The van der Waals surface area contributed by atoms with E-state index in [0.29, 0.717) is 24.0 Å². The van der Waals surface area contributed by atoms with Gasteiger partial charge in [-0.15, -0.1) is 0 Å². The van der Waals surface area contributed by atoms with Crippen molar-refractivity contribution in [2.45, 2.75) is 25.9 Å². The van der Waals surface area contributed by atoms with E-state index in [1.165, 1.54) is 0 Å². The Morgan fingerprint density at radius 2 is 2.22 bits per heavy atom. The predicted molar refractivity (Wildman–Crippen MR) is 68.6 cm³/mol. The van der Waals surface area contributed by atoms with E-state index in [1.807, 2.05) is 13.8 Å². The molecule has 0 saturated heterocycles. The number of methoxy groups -OCH3 is 1.